The second-order valence-corrected chi connectivity index (χ2v) is 3.65. The summed E-state index contributed by atoms with van der Waals surface area (Å²) in [5, 5.41) is 11.9. The highest BCUT2D eigenvalue weighted by Crippen LogP contribution is 2.20. The van der Waals surface area contributed by atoms with E-state index in [0.29, 0.717) is 5.71 Å². The normalized spacial score (nSPS) is 13.8. The van der Waals surface area contributed by atoms with Crippen molar-refractivity contribution in [2.45, 2.75) is 19.4 Å². The molecule has 1 unspecified atom stereocenters. The van der Waals surface area contributed by atoms with E-state index in [9.17, 15) is 0 Å². The van der Waals surface area contributed by atoms with Crippen LogP contribution in [0.1, 0.15) is 19.4 Å². The molecule has 0 saturated carbocycles. The van der Waals surface area contributed by atoms with E-state index in [1.165, 1.54) is 12.5 Å². The first-order valence-electron chi connectivity index (χ1n) is 5.36. The van der Waals surface area contributed by atoms with Gasteiger partial charge in [0.25, 0.3) is 0 Å². The fraction of sp³-hybridized carbons (Fsp3) is 0.273. The summed E-state index contributed by atoms with van der Waals surface area (Å²) in [5.74, 6) is 5.30. The Kier molecular flexibility index (Phi) is 3.13. The van der Waals surface area contributed by atoms with E-state index in [2.05, 4.69) is 15.1 Å². The second-order valence-electron chi connectivity index (χ2n) is 3.65. The Morgan fingerprint density at radius 1 is 1.71 bits per heavy atom. The molecule has 88 valence electrons. The molecule has 3 N–H and O–H groups in total. The molecule has 0 bridgehead atoms. The molecule has 6 heteroatoms. The van der Waals surface area contributed by atoms with E-state index < -0.39 is 0 Å². The molecule has 0 aromatic carbocycles. The topological polar surface area (TPSA) is 92.9 Å². The monoisotopic (exact) mass is 230 g/mol. The summed E-state index contributed by atoms with van der Waals surface area (Å²) in [6.07, 6.45) is 7.16. The lowest BCUT2D eigenvalue weighted by Gasteiger charge is -2.16. The van der Waals surface area contributed by atoms with Crippen LogP contribution in [-0.2, 0) is 0 Å². The van der Waals surface area contributed by atoms with Crippen LogP contribution in [0.5, 0.6) is 0 Å². The molecule has 2 heterocycles. The maximum atomic E-state index is 7.32. The van der Waals surface area contributed by atoms with Crippen molar-refractivity contribution in [1.82, 2.24) is 14.5 Å². The highest BCUT2D eigenvalue weighted by molar-refractivity contribution is 6.31. The zero-order valence-corrected chi connectivity index (χ0v) is 9.54. The van der Waals surface area contributed by atoms with Gasteiger partial charge in [-0.15, -0.1) is 0 Å². The van der Waals surface area contributed by atoms with Crippen LogP contribution >= 0.6 is 0 Å². The van der Waals surface area contributed by atoms with Crippen LogP contribution in [0.15, 0.2) is 29.9 Å². The molecule has 0 aliphatic rings. The van der Waals surface area contributed by atoms with Gasteiger partial charge in [-0.3, -0.25) is 0 Å². The molecule has 0 saturated heterocycles. The molecule has 0 radical (unpaired) electrons. The number of hydrazone groups is 1. The van der Waals surface area contributed by atoms with Crippen molar-refractivity contribution < 1.29 is 0 Å². The van der Waals surface area contributed by atoms with Gasteiger partial charge < -0.3 is 15.8 Å². The van der Waals surface area contributed by atoms with Gasteiger partial charge in [-0.25, -0.2) is 9.97 Å². The van der Waals surface area contributed by atoms with E-state index >= 15 is 0 Å². The van der Waals surface area contributed by atoms with E-state index in [-0.39, 0.29) is 6.04 Å². The SMILES string of the molecule is CCC(C(C=N)=NN)n1ccc2cncnc21. The van der Waals surface area contributed by atoms with Gasteiger partial charge in [0.15, 0.2) is 0 Å². The van der Waals surface area contributed by atoms with Crippen molar-refractivity contribution in [3.63, 3.8) is 0 Å². The van der Waals surface area contributed by atoms with Gasteiger partial charge in [0.2, 0.25) is 0 Å². The predicted octanol–water partition coefficient (Wildman–Crippen LogP) is 1.35. The minimum atomic E-state index is -0.0649. The molecule has 17 heavy (non-hydrogen) atoms. The number of fused-ring (bicyclic) bond motifs is 1. The summed E-state index contributed by atoms with van der Waals surface area (Å²) >= 11 is 0. The lowest BCUT2D eigenvalue weighted by Crippen LogP contribution is -2.21. The first-order valence-corrected chi connectivity index (χ1v) is 5.36. The second kappa shape index (κ2) is 4.73. The van der Waals surface area contributed by atoms with Crippen LogP contribution in [0, 0.1) is 5.41 Å². The number of nitrogens with zero attached hydrogens (tertiary/aromatic N) is 4. The van der Waals surface area contributed by atoms with Crippen LogP contribution in [-0.4, -0.2) is 26.5 Å². The average molecular weight is 230 g/mol. The van der Waals surface area contributed by atoms with Gasteiger partial charge in [-0.05, 0) is 12.5 Å². The smallest absolute Gasteiger partial charge is 0.143 e. The third-order valence-electron chi connectivity index (χ3n) is 2.74. The zero-order chi connectivity index (χ0) is 12.3. The van der Waals surface area contributed by atoms with Crippen molar-refractivity contribution in [2.24, 2.45) is 10.9 Å². The standard InChI is InChI=1S/C11H14N6/c1-2-10(9(5-12)16-13)17-4-3-8-6-14-7-15-11(8)17/h3-7,10,12H,2,13H2,1H3. The van der Waals surface area contributed by atoms with Crippen molar-refractivity contribution >= 4 is 23.0 Å². The summed E-state index contributed by atoms with van der Waals surface area (Å²) in [4.78, 5) is 8.21. The van der Waals surface area contributed by atoms with Gasteiger partial charge >= 0.3 is 0 Å². The Morgan fingerprint density at radius 3 is 3.18 bits per heavy atom. The summed E-state index contributed by atoms with van der Waals surface area (Å²) in [6, 6.07) is 1.88. The molecule has 0 amide bonds. The van der Waals surface area contributed by atoms with Gasteiger partial charge in [-0.2, -0.15) is 5.10 Å². The Morgan fingerprint density at radius 2 is 2.53 bits per heavy atom. The third kappa shape index (κ3) is 1.89. The zero-order valence-electron chi connectivity index (χ0n) is 9.54. The number of aromatic nitrogens is 3. The van der Waals surface area contributed by atoms with E-state index in [0.717, 1.165) is 17.5 Å². The van der Waals surface area contributed by atoms with E-state index in [4.69, 9.17) is 11.3 Å². The number of hydrogen-bond acceptors (Lipinski definition) is 5. The Labute approximate surface area is 98.7 Å². The van der Waals surface area contributed by atoms with Crippen molar-refractivity contribution in [1.29, 1.82) is 5.41 Å². The molecule has 0 aliphatic carbocycles. The molecule has 0 spiro atoms. The lowest BCUT2D eigenvalue weighted by atomic mass is 10.1. The maximum Gasteiger partial charge on any atom is 0.143 e. The number of nitrogens with one attached hydrogen (secondary N) is 1. The predicted molar refractivity (Wildman–Crippen MR) is 67.3 cm³/mol. The van der Waals surface area contributed by atoms with Crippen molar-refractivity contribution in [3.8, 4) is 0 Å². The molecular weight excluding hydrogens is 216 g/mol. The van der Waals surface area contributed by atoms with Crippen LogP contribution in [0.25, 0.3) is 11.0 Å². The molecule has 1 atom stereocenters. The molecule has 6 nitrogen and oxygen atoms in total. The number of nitrogens with two attached hydrogens (primary N) is 1. The molecule has 2 aromatic heterocycles. The van der Waals surface area contributed by atoms with Crippen LogP contribution in [0.2, 0.25) is 0 Å². The van der Waals surface area contributed by atoms with Crippen LogP contribution in [0.3, 0.4) is 0 Å². The number of rotatable bonds is 4. The molecule has 0 aliphatic heterocycles. The molecule has 2 aromatic rings. The van der Waals surface area contributed by atoms with Crippen molar-refractivity contribution in [3.05, 3.63) is 24.8 Å². The largest absolute Gasteiger partial charge is 0.323 e. The summed E-state index contributed by atoms with van der Waals surface area (Å²) < 4.78 is 1.97. The van der Waals surface area contributed by atoms with Gasteiger partial charge in [0.1, 0.15) is 17.7 Å². The summed E-state index contributed by atoms with van der Waals surface area (Å²) in [7, 11) is 0. The highest BCUT2D eigenvalue weighted by Gasteiger charge is 2.16. The first kappa shape index (κ1) is 11.3. The Balaban J connectivity index is 2.54. The van der Waals surface area contributed by atoms with E-state index in [1.54, 1.807) is 6.20 Å². The van der Waals surface area contributed by atoms with Crippen LogP contribution < -0.4 is 5.84 Å². The van der Waals surface area contributed by atoms with Gasteiger partial charge in [0.05, 0.1) is 6.04 Å². The minimum Gasteiger partial charge on any atom is -0.323 e. The highest BCUT2D eigenvalue weighted by atomic mass is 15.2. The first-order chi connectivity index (χ1) is 8.31. The summed E-state index contributed by atoms with van der Waals surface area (Å²) in [6.45, 7) is 2.02. The number of hydrogen-bond donors (Lipinski definition) is 2. The van der Waals surface area contributed by atoms with Crippen molar-refractivity contribution in [2.75, 3.05) is 0 Å². The third-order valence-corrected chi connectivity index (χ3v) is 2.74. The molecule has 0 fully saturated rings. The summed E-state index contributed by atoms with van der Waals surface area (Å²) in [5.41, 5.74) is 1.36. The Bertz CT molecular complexity index is 556. The fourth-order valence-corrected chi connectivity index (χ4v) is 1.92. The van der Waals surface area contributed by atoms with Gasteiger partial charge in [-0.1, -0.05) is 6.92 Å². The van der Waals surface area contributed by atoms with Gasteiger partial charge in [0, 0.05) is 24.0 Å². The molecular formula is C11H14N6. The van der Waals surface area contributed by atoms with Crippen LogP contribution in [0.4, 0.5) is 0 Å². The average Bonchev–Trinajstić information content (AvgIpc) is 2.79. The fourth-order valence-electron chi connectivity index (χ4n) is 1.92. The quantitative estimate of drug-likeness (QED) is 0.471. The van der Waals surface area contributed by atoms with E-state index in [1.807, 2.05) is 23.8 Å². The molecule has 2 rings (SSSR count). The minimum absolute atomic E-state index is 0.0649. The Hall–Kier alpha value is -2.24. The maximum absolute atomic E-state index is 7.32. The lowest BCUT2D eigenvalue weighted by molar-refractivity contribution is 0.636.